The fourth-order valence-corrected chi connectivity index (χ4v) is 3.86. The number of ether oxygens (including phenoxy) is 1. The van der Waals surface area contributed by atoms with E-state index in [0.717, 1.165) is 25.0 Å². The number of carbonyl (C=O) groups is 2. The van der Waals surface area contributed by atoms with Crippen molar-refractivity contribution in [2.75, 3.05) is 7.11 Å². The Kier molecular flexibility index (Phi) is 5.63. The maximum atomic E-state index is 14.4. The standard InChI is InChI=1S/C21H21F2NO4/c1-28-18-7-4-13(10-15(18)19(25)26)12-24-20(27)21(8-2-3-9-21)16-6-5-14(22)11-17(16)23/h4-7,10-11H,2-3,8-9,12H2,1H3,(H,24,27)(H,25,26). The quantitative estimate of drug-likeness (QED) is 0.788. The van der Waals surface area contributed by atoms with Crippen molar-refractivity contribution < 1.29 is 28.2 Å². The number of hydrogen-bond acceptors (Lipinski definition) is 3. The van der Waals surface area contributed by atoms with E-state index in [9.17, 15) is 23.5 Å². The molecule has 5 nitrogen and oxygen atoms in total. The molecule has 0 aromatic heterocycles. The second kappa shape index (κ2) is 7.96. The summed E-state index contributed by atoms with van der Waals surface area (Å²) in [5, 5.41) is 12.1. The van der Waals surface area contributed by atoms with Gasteiger partial charge in [0.1, 0.15) is 22.9 Å². The summed E-state index contributed by atoms with van der Waals surface area (Å²) in [4.78, 5) is 24.3. The van der Waals surface area contributed by atoms with Gasteiger partial charge in [0.2, 0.25) is 5.91 Å². The van der Waals surface area contributed by atoms with E-state index in [2.05, 4.69) is 5.32 Å². The van der Waals surface area contributed by atoms with E-state index >= 15 is 0 Å². The number of rotatable bonds is 6. The van der Waals surface area contributed by atoms with Crippen LogP contribution in [-0.4, -0.2) is 24.1 Å². The Morgan fingerprint density at radius 3 is 2.46 bits per heavy atom. The SMILES string of the molecule is COc1ccc(CNC(=O)C2(c3ccc(F)cc3F)CCCC2)cc1C(=O)O. The molecule has 0 heterocycles. The monoisotopic (exact) mass is 389 g/mol. The number of aromatic carboxylic acids is 1. The van der Waals surface area contributed by atoms with E-state index in [1.54, 1.807) is 6.07 Å². The van der Waals surface area contributed by atoms with Gasteiger partial charge in [-0.05, 0) is 36.6 Å². The third kappa shape index (κ3) is 3.69. The largest absolute Gasteiger partial charge is 0.496 e. The molecule has 2 aromatic carbocycles. The molecule has 3 rings (SSSR count). The molecule has 1 aliphatic rings. The topological polar surface area (TPSA) is 75.6 Å². The Morgan fingerprint density at radius 1 is 1.14 bits per heavy atom. The maximum absolute atomic E-state index is 14.4. The lowest BCUT2D eigenvalue weighted by atomic mass is 9.77. The molecule has 1 aliphatic carbocycles. The highest BCUT2D eigenvalue weighted by atomic mass is 19.1. The molecule has 1 amide bonds. The summed E-state index contributed by atoms with van der Waals surface area (Å²) >= 11 is 0. The van der Waals surface area contributed by atoms with Crippen LogP contribution in [-0.2, 0) is 16.8 Å². The molecule has 0 spiro atoms. The molecule has 0 saturated heterocycles. The summed E-state index contributed by atoms with van der Waals surface area (Å²) < 4.78 is 32.7. The number of benzene rings is 2. The molecule has 148 valence electrons. The first-order valence-electron chi connectivity index (χ1n) is 9.01. The molecule has 28 heavy (non-hydrogen) atoms. The van der Waals surface area contributed by atoms with E-state index in [-0.39, 0.29) is 29.3 Å². The van der Waals surface area contributed by atoms with Crippen LogP contribution in [0.1, 0.15) is 47.2 Å². The van der Waals surface area contributed by atoms with Gasteiger partial charge in [-0.1, -0.05) is 25.0 Å². The average molecular weight is 389 g/mol. The molecular formula is C21H21F2NO4. The van der Waals surface area contributed by atoms with Gasteiger partial charge in [-0.15, -0.1) is 0 Å². The number of methoxy groups -OCH3 is 1. The van der Waals surface area contributed by atoms with Crippen molar-refractivity contribution in [2.45, 2.75) is 37.6 Å². The summed E-state index contributed by atoms with van der Waals surface area (Å²) in [6, 6.07) is 7.91. The molecule has 1 fully saturated rings. The van der Waals surface area contributed by atoms with Gasteiger partial charge in [0.15, 0.2) is 0 Å². The highest BCUT2D eigenvalue weighted by Crippen LogP contribution is 2.42. The molecule has 7 heteroatoms. The van der Waals surface area contributed by atoms with Crippen LogP contribution in [0.4, 0.5) is 8.78 Å². The summed E-state index contributed by atoms with van der Waals surface area (Å²) in [5.74, 6) is -2.67. The van der Waals surface area contributed by atoms with Crippen LogP contribution in [0.25, 0.3) is 0 Å². The fourth-order valence-electron chi connectivity index (χ4n) is 3.86. The van der Waals surface area contributed by atoms with Crippen molar-refractivity contribution in [3.05, 3.63) is 64.7 Å². The fraction of sp³-hybridized carbons (Fsp3) is 0.333. The number of nitrogens with one attached hydrogen (secondary N) is 1. The number of hydrogen-bond donors (Lipinski definition) is 2. The van der Waals surface area contributed by atoms with Gasteiger partial charge < -0.3 is 15.2 Å². The molecule has 0 unspecified atom stereocenters. The van der Waals surface area contributed by atoms with Crippen molar-refractivity contribution in [1.82, 2.24) is 5.32 Å². The van der Waals surface area contributed by atoms with Crippen molar-refractivity contribution >= 4 is 11.9 Å². The molecule has 2 aromatic rings. The highest BCUT2D eigenvalue weighted by Gasteiger charge is 2.44. The van der Waals surface area contributed by atoms with Gasteiger partial charge in [-0.3, -0.25) is 4.79 Å². The van der Waals surface area contributed by atoms with Crippen LogP contribution in [0.2, 0.25) is 0 Å². The van der Waals surface area contributed by atoms with Gasteiger partial charge in [-0.2, -0.15) is 0 Å². The zero-order valence-corrected chi connectivity index (χ0v) is 15.4. The van der Waals surface area contributed by atoms with E-state index in [0.29, 0.717) is 18.4 Å². The van der Waals surface area contributed by atoms with Crippen molar-refractivity contribution in [3.8, 4) is 5.75 Å². The van der Waals surface area contributed by atoms with Crippen LogP contribution in [0.5, 0.6) is 5.75 Å². The van der Waals surface area contributed by atoms with Crippen LogP contribution >= 0.6 is 0 Å². The smallest absolute Gasteiger partial charge is 0.339 e. The normalized spacial score (nSPS) is 15.2. The molecule has 1 saturated carbocycles. The molecular weight excluding hydrogens is 368 g/mol. The Hall–Kier alpha value is -2.96. The van der Waals surface area contributed by atoms with Crippen LogP contribution in [0, 0.1) is 11.6 Å². The number of halogens is 2. The van der Waals surface area contributed by atoms with Crippen LogP contribution in [0.3, 0.4) is 0 Å². The van der Waals surface area contributed by atoms with Gasteiger partial charge in [0.25, 0.3) is 0 Å². The molecule has 0 atom stereocenters. The third-order valence-electron chi connectivity index (χ3n) is 5.29. The van der Waals surface area contributed by atoms with E-state index in [1.807, 2.05) is 0 Å². The first kappa shape index (κ1) is 19.8. The van der Waals surface area contributed by atoms with E-state index < -0.39 is 23.0 Å². The van der Waals surface area contributed by atoms with Crippen molar-refractivity contribution in [1.29, 1.82) is 0 Å². The Balaban J connectivity index is 1.83. The minimum atomic E-state index is -1.13. The van der Waals surface area contributed by atoms with Crippen LogP contribution < -0.4 is 10.1 Å². The summed E-state index contributed by atoms with van der Waals surface area (Å²) in [6.07, 6.45) is 2.50. The molecule has 0 bridgehead atoms. The Labute approximate surface area is 161 Å². The van der Waals surface area contributed by atoms with E-state index in [4.69, 9.17) is 4.74 Å². The zero-order chi connectivity index (χ0) is 20.3. The molecule has 2 N–H and O–H groups in total. The van der Waals surface area contributed by atoms with E-state index in [1.165, 1.54) is 25.3 Å². The summed E-state index contributed by atoms with van der Waals surface area (Å²) in [7, 11) is 1.38. The lowest BCUT2D eigenvalue weighted by Gasteiger charge is -2.28. The van der Waals surface area contributed by atoms with Crippen molar-refractivity contribution in [2.24, 2.45) is 0 Å². The second-order valence-electron chi connectivity index (χ2n) is 6.94. The number of carbonyl (C=O) groups excluding carboxylic acids is 1. The first-order chi connectivity index (χ1) is 13.4. The number of amides is 1. The van der Waals surface area contributed by atoms with Crippen molar-refractivity contribution in [3.63, 3.8) is 0 Å². The molecule has 0 aliphatic heterocycles. The Bertz CT molecular complexity index is 907. The predicted molar refractivity (Wildman–Crippen MR) is 98.3 cm³/mol. The molecule has 0 radical (unpaired) electrons. The van der Waals surface area contributed by atoms with Gasteiger partial charge >= 0.3 is 5.97 Å². The summed E-state index contributed by atoms with van der Waals surface area (Å²) in [6.45, 7) is 0.0909. The lowest BCUT2D eigenvalue weighted by Crippen LogP contribution is -2.43. The Morgan fingerprint density at radius 2 is 1.86 bits per heavy atom. The summed E-state index contributed by atoms with van der Waals surface area (Å²) in [5.41, 5.74) is -0.265. The van der Waals surface area contributed by atoms with Gasteiger partial charge in [0, 0.05) is 18.2 Å². The third-order valence-corrected chi connectivity index (χ3v) is 5.29. The van der Waals surface area contributed by atoms with Gasteiger partial charge in [0.05, 0.1) is 12.5 Å². The predicted octanol–water partition coefficient (Wildman–Crippen LogP) is 3.80. The minimum absolute atomic E-state index is 0.00518. The lowest BCUT2D eigenvalue weighted by molar-refractivity contribution is -0.126. The van der Waals surface area contributed by atoms with Crippen LogP contribution in [0.15, 0.2) is 36.4 Å². The maximum Gasteiger partial charge on any atom is 0.339 e. The second-order valence-corrected chi connectivity index (χ2v) is 6.94. The zero-order valence-electron chi connectivity index (χ0n) is 15.4. The van der Waals surface area contributed by atoms with Gasteiger partial charge in [-0.25, -0.2) is 13.6 Å². The first-order valence-corrected chi connectivity index (χ1v) is 9.01. The number of carboxylic acids is 1. The highest BCUT2D eigenvalue weighted by molar-refractivity contribution is 5.91. The average Bonchev–Trinajstić information content (AvgIpc) is 3.16. The minimum Gasteiger partial charge on any atom is -0.496 e. The number of carboxylic acid groups (broad SMARTS) is 1.